The van der Waals surface area contributed by atoms with Crippen LogP contribution in [-0.4, -0.2) is 95.5 Å². The summed E-state index contributed by atoms with van der Waals surface area (Å²) in [6.45, 7) is 0.558. The number of rotatable bonds is 12. The molecule has 1 aliphatic heterocycles. The van der Waals surface area contributed by atoms with Crippen LogP contribution in [0.25, 0.3) is 0 Å². The number of hydrogen-bond acceptors (Lipinski definition) is 11. The Morgan fingerprint density at radius 1 is 0.929 bits per heavy atom. The van der Waals surface area contributed by atoms with Crippen LogP contribution >= 0.6 is 0 Å². The number of ether oxygens (including phenoxy) is 2. The predicted molar refractivity (Wildman–Crippen MR) is 99.3 cm³/mol. The molecule has 0 spiro atoms. The molecule has 3 atom stereocenters. The van der Waals surface area contributed by atoms with Crippen LogP contribution in [-0.2, 0) is 52.4 Å². The van der Waals surface area contributed by atoms with Gasteiger partial charge in [0.1, 0.15) is 38.9 Å². The Bertz CT molecular complexity index is 786. The molecule has 164 valence electrons. The van der Waals surface area contributed by atoms with Gasteiger partial charge in [0.15, 0.2) is 0 Å². The van der Waals surface area contributed by atoms with Gasteiger partial charge in [-0.25, -0.2) is 0 Å². The zero-order valence-corrected chi connectivity index (χ0v) is 18.5. The van der Waals surface area contributed by atoms with E-state index in [1.807, 2.05) is 6.92 Å². The average Bonchev–Trinajstić information content (AvgIpc) is 2.74. The van der Waals surface area contributed by atoms with Crippen LogP contribution in [0.1, 0.15) is 19.8 Å². The lowest BCUT2D eigenvalue weighted by molar-refractivity contribution is -0.133. The standard InChI is InChI=1S/C13H25BO11S3/c1-5-6-7-21-11-10(25-28(4,19)20)12(14)24-13(11,8-22-26(2,15)16)9-23-27(3,17)18/h10-12H,5-9H2,1-4H3/t10?,11-,12-/m1/s1. The van der Waals surface area contributed by atoms with Gasteiger partial charge in [0.25, 0.3) is 30.4 Å². The Balaban J connectivity index is 3.30. The quantitative estimate of drug-likeness (QED) is 0.193. The Kier molecular flexibility index (Phi) is 8.90. The van der Waals surface area contributed by atoms with Gasteiger partial charge in [-0.3, -0.25) is 12.5 Å². The van der Waals surface area contributed by atoms with Crippen LogP contribution in [0.4, 0.5) is 0 Å². The minimum Gasteiger partial charge on any atom is -0.372 e. The monoisotopic (exact) mass is 464 g/mol. The van der Waals surface area contributed by atoms with Crippen LogP contribution in [0.15, 0.2) is 0 Å². The first-order valence-electron chi connectivity index (χ1n) is 8.20. The maximum Gasteiger partial charge on any atom is 0.264 e. The Labute approximate surface area is 167 Å². The van der Waals surface area contributed by atoms with Crippen molar-refractivity contribution in [3.8, 4) is 0 Å². The molecule has 0 aliphatic carbocycles. The van der Waals surface area contributed by atoms with Crippen molar-refractivity contribution in [1.82, 2.24) is 0 Å². The molecule has 1 saturated heterocycles. The summed E-state index contributed by atoms with van der Waals surface area (Å²) in [5.41, 5.74) is -1.85. The van der Waals surface area contributed by atoms with Gasteiger partial charge in [-0.1, -0.05) is 13.3 Å². The van der Waals surface area contributed by atoms with Gasteiger partial charge in [-0.2, -0.15) is 25.3 Å². The summed E-state index contributed by atoms with van der Waals surface area (Å²) in [6, 6.07) is -1.38. The fraction of sp³-hybridized carbons (Fsp3) is 1.00. The lowest BCUT2D eigenvalue weighted by atomic mass is 9.89. The normalized spacial score (nSPS) is 25.8. The average molecular weight is 464 g/mol. The summed E-state index contributed by atoms with van der Waals surface area (Å²) in [7, 11) is -6.09. The molecule has 1 aliphatic rings. The van der Waals surface area contributed by atoms with E-state index in [-0.39, 0.29) is 6.61 Å². The third-order valence-corrected chi connectivity index (χ3v) is 5.29. The highest BCUT2D eigenvalue weighted by atomic mass is 32.2. The van der Waals surface area contributed by atoms with Crippen molar-refractivity contribution in [2.75, 3.05) is 38.6 Å². The second-order valence-corrected chi connectivity index (χ2v) is 11.4. The van der Waals surface area contributed by atoms with E-state index in [1.165, 1.54) is 0 Å². The molecular formula is C13H25BO11S3. The third-order valence-electron chi connectivity index (χ3n) is 3.63. The van der Waals surface area contributed by atoms with Crippen LogP contribution < -0.4 is 0 Å². The van der Waals surface area contributed by atoms with Crippen molar-refractivity contribution in [2.24, 2.45) is 0 Å². The largest absolute Gasteiger partial charge is 0.372 e. The molecule has 1 heterocycles. The van der Waals surface area contributed by atoms with Gasteiger partial charge in [-0.05, 0) is 6.42 Å². The van der Waals surface area contributed by atoms with Gasteiger partial charge in [-0.15, -0.1) is 0 Å². The van der Waals surface area contributed by atoms with E-state index in [0.717, 1.165) is 25.2 Å². The molecule has 2 radical (unpaired) electrons. The van der Waals surface area contributed by atoms with Crippen LogP contribution in [0.3, 0.4) is 0 Å². The minimum atomic E-state index is -4.00. The molecule has 28 heavy (non-hydrogen) atoms. The molecule has 0 bridgehead atoms. The summed E-state index contributed by atoms with van der Waals surface area (Å²) < 4.78 is 94.8. The lowest BCUT2D eigenvalue weighted by Gasteiger charge is -2.34. The Hall–Kier alpha value is -0.285. The smallest absolute Gasteiger partial charge is 0.264 e. The molecule has 0 aromatic heterocycles. The van der Waals surface area contributed by atoms with Crippen molar-refractivity contribution >= 4 is 38.2 Å². The molecule has 1 rings (SSSR count). The van der Waals surface area contributed by atoms with Gasteiger partial charge >= 0.3 is 0 Å². The predicted octanol–water partition coefficient (Wildman–Crippen LogP) is -1.27. The first-order valence-corrected chi connectivity index (χ1v) is 13.7. The van der Waals surface area contributed by atoms with E-state index in [1.54, 1.807) is 0 Å². The molecule has 0 amide bonds. The first kappa shape index (κ1) is 25.8. The first-order chi connectivity index (χ1) is 12.6. The van der Waals surface area contributed by atoms with E-state index in [2.05, 4.69) is 0 Å². The van der Waals surface area contributed by atoms with E-state index < -0.39 is 67.4 Å². The van der Waals surface area contributed by atoms with Crippen molar-refractivity contribution in [3.63, 3.8) is 0 Å². The van der Waals surface area contributed by atoms with Crippen molar-refractivity contribution in [2.45, 2.75) is 43.6 Å². The van der Waals surface area contributed by atoms with Crippen molar-refractivity contribution in [3.05, 3.63) is 0 Å². The lowest BCUT2D eigenvalue weighted by Crippen LogP contribution is -2.53. The topological polar surface area (TPSA) is 149 Å². The van der Waals surface area contributed by atoms with Gasteiger partial charge in [0.2, 0.25) is 0 Å². The van der Waals surface area contributed by atoms with E-state index in [0.29, 0.717) is 6.42 Å². The summed E-state index contributed by atoms with van der Waals surface area (Å²) in [5, 5.41) is 0. The molecule has 11 nitrogen and oxygen atoms in total. The van der Waals surface area contributed by atoms with Gasteiger partial charge in [0, 0.05) is 12.6 Å². The molecule has 1 unspecified atom stereocenters. The number of hydrogen-bond donors (Lipinski definition) is 0. The highest BCUT2D eigenvalue weighted by molar-refractivity contribution is 7.86. The van der Waals surface area contributed by atoms with Gasteiger partial charge < -0.3 is 9.47 Å². The third kappa shape index (κ3) is 8.61. The molecule has 1 fully saturated rings. The second-order valence-electron chi connectivity index (χ2n) is 6.49. The minimum absolute atomic E-state index is 0.125. The van der Waals surface area contributed by atoms with Crippen molar-refractivity contribution in [1.29, 1.82) is 0 Å². The summed E-state index contributed by atoms with van der Waals surface area (Å²) in [4.78, 5) is 0. The maximum absolute atomic E-state index is 11.6. The number of unbranched alkanes of at least 4 members (excludes halogenated alkanes) is 1. The molecule has 15 heteroatoms. The Morgan fingerprint density at radius 2 is 1.43 bits per heavy atom. The van der Waals surface area contributed by atoms with E-state index in [9.17, 15) is 25.3 Å². The molecule has 0 aromatic carbocycles. The van der Waals surface area contributed by atoms with Crippen LogP contribution in [0, 0.1) is 0 Å². The molecule has 0 saturated carbocycles. The highest BCUT2D eigenvalue weighted by Gasteiger charge is 2.57. The molecule has 0 aromatic rings. The highest BCUT2D eigenvalue weighted by Crippen LogP contribution is 2.36. The summed E-state index contributed by atoms with van der Waals surface area (Å²) >= 11 is 0. The van der Waals surface area contributed by atoms with E-state index in [4.69, 9.17) is 29.9 Å². The zero-order valence-electron chi connectivity index (χ0n) is 16.1. The summed E-state index contributed by atoms with van der Waals surface area (Å²) in [5.74, 6) is 0. The van der Waals surface area contributed by atoms with Gasteiger partial charge in [0.05, 0.1) is 18.8 Å². The zero-order chi connectivity index (χ0) is 21.8. The van der Waals surface area contributed by atoms with Crippen molar-refractivity contribution < 1.29 is 47.3 Å². The molecule has 0 N–H and O–H groups in total. The maximum atomic E-state index is 11.6. The second kappa shape index (κ2) is 9.68. The fourth-order valence-corrected chi connectivity index (χ4v) is 3.91. The summed E-state index contributed by atoms with van der Waals surface area (Å²) in [6.07, 6.45) is 1.01. The van der Waals surface area contributed by atoms with Crippen LogP contribution in [0.5, 0.6) is 0 Å². The SMILES string of the molecule is [B][C@@H]1OC(COS(C)(=O)=O)(COS(C)(=O)=O)[C@H](OCCCC)C1OS(C)(=O)=O. The van der Waals surface area contributed by atoms with E-state index >= 15 is 0 Å². The van der Waals surface area contributed by atoms with Crippen LogP contribution in [0.2, 0.25) is 0 Å². The molecular weight excluding hydrogens is 439 g/mol. The fourth-order valence-electron chi connectivity index (χ4n) is 2.47. The Morgan fingerprint density at radius 3 is 1.82 bits per heavy atom.